The van der Waals surface area contributed by atoms with Gasteiger partial charge in [-0.15, -0.1) is 0 Å². The number of pyridine rings is 1. The lowest BCUT2D eigenvalue weighted by Gasteiger charge is -2.38. The molecule has 0 amide bonds. The standard InChI is InChI=1S/C18H20N2O5S/c21-17(22)12-14-3-1-4-15(11-14)18(23)6-9-20(10-7-18)26(24,25)16-5-2-8-19-13-16/h1-5,8,11,13,23H,6-7,9-10,12H2,(H,21,22). The third-order valence-electron chi connectivity index (χ3n) is 4.64. The lowest BCUT2D eigenvalue weighted by molar-refractivity contribution is -0.136. The molecule has 2 aromatic rings. The maximum absolute atomic E-state index is 12.6. The molecule has 0 aliphatic carbocycles. The first-order chi connectivity index (χ1) is 12.3. The van der Waals surface area contributed by atoms with E-state index in [1.807, 2.05) is 0 Å². The van der Waals surface area contributed by atoms with Crippen molar-refractivity contribution in [2.24, 2.45) is 0 Å². The van der Waals surface area contributed by atoms with Gasteiger partial charge in [0.15, 0.2) is 0 Å². The fraction of sp³-hybridized carbons (Fsp3) is 0.333. The molecule has 1 aliphatic rings. The molecule has 0 unspecified atom stereocenters. The summed E-state index contributed by atoms with van der Waals surface area (Å²) in [7, 11) is -3.64. The van der Waals surface area contributed by atoms with Gasteiger partial charge in [0.2, 0.25) is 10.0 Å². The second-order valence-corrected chi connectivity index (χ2v) is 8.33. The predicted molar refractivity (Wildman–Crippen MR) is 93.9 cm³/mol. The van der Waals surface area contributed by atoms with Crippen molar-refractivity contribution in [1.82, 2.24) is 9.29 Å². The Hall–Kier alpha value is -2.29. The number of hydrogen-bond donors (Lipinski definition) is 2. The van der Waals surface area contributed by atoms with Crippen molar-refractivity contribution in [1.29, 1.82) is 0 Å². The number of nitrogens with zero attached hydrogens (tertiary/aromatic N) is 2. The molecule has 1 fully saturated rings. The van der Waals surface area contributed by atoms with Crippen LogP contribution in [0.25, 0.3) is 0 Å². The topological polar surface area (TPSA) is 108 Å². The largest absolute Gasteiger partial charge is 0.481 e. The Morgan fingerprint density at radius 3 is 2.54 bits per heavy atom. The van der Waals surface area contributed by atoms with Crippen LogP contribution in [0, 0.1) is 0 Å². The lowest BCUT2D eigenvalue weighted by atomic mass is 9.84. The molecule has 1 aromatic heterocycles. The molecule has 138 valence electrons. The average molecular weight is 376 g/mol. The fourth-order valence-electron chi connectivity index (χ4n) is 3.18. The Labute approximate surface area is 152 Å². The van der Waals surface area contributed by atoms with Crippen LogP contribution in [0.15, 0.2) is 53.7 Å². The van der Waals surface area contributed by atoms with Gasteiger partial charge in [-0.05, 0) is 36.1 Å². The van der Waals surface area contributed by atoms with Crippen LogP contribution in [0.3, 0.4) is 0 Å². The zero-order valence-electron chi connectivity index (χ0n) is 14.1. The third kappa shape index (κ3) is 3.77. The van der Waals surface area contributed by atoms with Crippen LogP contribution in [-0.4, -0.2) is 47.0 Å². The van der Waals surface area contributed by atoms with Gasteiger partial charge in [-0.2, -0.15) is 4.31 Å². The van der Waals surface area contributed by atoms with E-state index in [-0.39, 0.29) is 37.2 Å². The molecule has 1 saturated heterocycles. The molecule has 8 heteroatoms. The number of carboxylic acids is 1. The number of hydrogen-bond acceptors (Lipinski definition) is 5. The molecule has 1 aromatic carbocycles. The summed E-state index contributed by atoms with van der Waals surface area (Å²) in [5.74, 6) is -0.938. The van der Waals surface area contributed by atoms with Crippen molar-refractivity contribution in [3.8, 4) is 0 Å². The van der Waals surface area contributed by atoms with Gasteiger partial charge in [-0.3, -0.25) is 9.78 Å². The first-order valence-electron chi connectivity index (χ1n) is 8.25. The molecule has 0 radical (unpaired) electrons. The van der Waals surface area contributed by atoms with Crippen LogP contribution in [0.2, 0.25) is 0 Å². The van der Waals surface area contributed by atoms with E-state index in [0.717, 1.165) is 0 Å². The van der Waals surface area contributed by atoms with Gasteiger partial charge in [0.1, 0.15) is 4.90 Å². The van der Waals surface area contributed by atoms with Crippen LogP contribution >= 0.6 is 0 Å². The second kappa shape index (κ2) is 7.14. The van der Waals surface area contributed by atoms with E-state index >= 15 is 0 Å². The van der Waals surface area contributed by atoms with Crippen LogP contribution in [0.5, 0.6) is 0 Å². The average Bonchev–Trinajstić information content (AvgIpc) is 2.62. The van der Waals surface area contributed by atoms with E-state index in [9.17, 15) is 18.3 Å². The van der Waals surface area contributed by atoms with Gasteiger partial charge in [0, 0.05) is 25.5 Å². The van der Waals surface area contributed by atoms with Crippen molar-refractivity contribution in [2.75, 3.05) is 13.1 Å². The summed E-state index contributed by atoms with van der Waals surface area (Å²) in [5, 5.41) is 19.9. The van der Waals surface area contributed by atoms with E-state index in [4.69, 9.17) is 5.11 Å². The Kier molecular flexibility index (Phi) is 5.08. The molecular weight excluding hydrogens is 356 g/mol. The first-order valence-corrected chi connectivity index (χ1v) is 9.69. The maximum Gasteiger partial charge on any atom is 0.307 e. The van der Waals surface area contributed by atoms with Crippen molar-refractivity contribution < 1.29 is 23.4 Å². The van der Waals surface area contributed by atoms with Crippen molar-refractivity contribution in [3.63, 3.8) is 0 Å². The molecular formula is C18H20N2O5S. The molecule has 1 aliphatic heterocycles. The molecule has 0 bridgehead atoms. The second-order valence-electron chi connectivity index (χ2n) is 6.40. The number of benzene rings is 1. The molecule has 2 heterocycles. The summed E-state index contributed by atoms with van der Waals surface area (Å²) >= 11 is 0. The zero-order chi connectivity index (χ0) is 18.8. The van der Waals surface area contributed by atoms with E-state index < -0.39 is 21.6 Å². The number of aliphatic carboxylic acids is 1. The number of aromatic nitrogens is 1. The smallest absolute Gasteiger partial charge is 0.307 e. The Morgan fingerprint density at radius 2 is 1.92 bits per heavy atom. The molecule has 7 nitrogen and oxygen atoms in total. The molecule has 0 spiro atoms. The van der Waals surface area contributed by atoms with E-state index in [1.165, 1.54) is 22.8 Å². The minimum absolute atomic E-state index is 0.120. The van der Waals surface area contributed by atoms with E-state index in [0.29, 0.717) is 11.1 Å². The molecule has 0 saturated carbocycles. The maximum atomic E-state index is 12.6. The number of aliphatic hydroxyl groups is 1. The highest BCUT2D eigenvalue weighted by atomic mass is 32.2. The molecule has 3 rings (SSSR count). The number of piperidine rings is 1. The summed E-state index contributed by atoms with van der Waals surface area (Å²) in [6.07, 6.45) is 3.18. The zero-order valence-corrected chi connectivity index (χ0v) is 14.9. The predicted octanol–water partition coefficient (Wildman–Crippen LogP) is 1.38. The van der Waals surface area contributed by atoms with Gasteiger partial charge in [0.05, 0.1) is 12.0 Å². The number of rotatable bonds is 5. The van der Waals surface area contributed by atoms with Crippen LogP contribution in [0.1, 0.15) is 24.0 Å². The number of carboxylic acid groups (broad SMARTS) is 1. The lowest BCUT2D eigenvalue weighted by Crippen LogP contribution is -2.45. The fourth-order valence-corrected chi connectivity index (χ4v) is 4.59. The Balaban J connectivity index is 1.76. The van der Waals surface area contributed by atoms with Gasteiger partial charge in [0.25, 0.3) is 0 Å². The van der Waals surface area contributed by atoms with E-state index in [1.54, 1.807) is 30.3 Å². The highest BCUT2D eigenvalue weighted by Crippen LogP contribution is 2.35. The SMILES string of the molecule is O=C(O)Cc1cccc(C2(O)CCN(S(=O)(=O)c3cccnc3)CC2)c1. The summed E-state index contributed by atoms with van der Waals surface area (Å²) in [6, 6.07) is 9.91. The van der Waals surface area contributed by atoms with Crippen LogP contribution in [0.4, 0.5) is 0 Å². The summed E-state index contributed by atoms with van der Waals surface area (Å²) < 4.78 is 26.6. The monoisotopic (exact) mass is 376 g/mol. The number of sulfonamides is 1. The number of carbonyl (C=O) groups is 1. The minimum Gasteiger partial charge on any atom is -0.481 e. The van der Waals surface area contributed by atoms with Gasteiger partial charge in [-0.25, -0.2) is 8.42 Å². The highest BCUT2D eigenvalue weighted by Gasteiger charge is 2.38. The quantitative estimate of drug-likeness (QED) is 0.816. The third-order valence-corrected chi connectivity index (χ3v) is 6.52. The minimum atomic E-state index is -3.64. The normalized spacial score (nSPS) is 17.7. The van der Waals surface area contributed by atoms with E-state index in [2.05, 4.69) is 4.98 Å². The summed E-state index contributed by atoms with van der Waals surface area (Å²) in [4.78, 5) is 14.9. The van der Waals surface area contributed by atoms with Gasteiger partial charge in [-0.1, -0.05) is 24.3 Å². The molecule has 26 heavy (non-hydrogen) atoms. The van der Waals surface area contributed by atoms with Gasteiger partial charge < -0.3 is 10.2 Å². The summed E-state index contributed by atoms with van der Waals surface area (Å²) in [6.45, 7) is 0.355. The van der Waals surface area contributed by atoms with Crippen molar-refractivity contribution >= 4 is 16.0 Å². The van der Waals surface area contributed by atoms with Crippen LogP contribution < -0.4 is 0 Å². The molecule has 2 N–H and O–H groups in total. The first kappa shape index (κ1) is 18.5. The van der Waals surface area contributed by atoms with Crippen LogP contribution in [-0.2, 0) is 26.8 Å². The molecule has 0 atom stereocenters. The van der Waals surface area contributed by atoms with Crippen molar-refractivity contribution in [3.05, 3.63) is 59.9 Å². The van der Waals surface area contributed by atoms with Gasteiger partial charge >= 0.3 is 5.97 Å². The van der Waals surface area contributed by atoms with Crippen molar-refractivity contribution in [2.45, 2.75) is 29.8 Å². The Morgan fingerprint density at radius 1 is 1.19 bits per heavy atom. The summed E-state index contributed by atoms with van der Waals surface area (Å²) in [5.41, 5.74) is 0.0543. The highest BCUT2D eigenvalue weighted by molar-refractivity contribution is 7.89. The Bertz CT molecular complexity index is 891.